The van der Waals surface area contributed by atoms with Crippen molar-refractivity contribution in [2.75, 3.05) is 37.6 Å². The summed E-state index contributed by atoms with van der Waals surface area (Å²) in [4.78, 5) is 12.5. The van der Waals surface area contributed by atoms with Gasteiger partial charge in [0.2, 0.25) is 0 Å². The van der Waals surface area contributed by atoms with Gasteiger partial charge >= 0.3 is 0 Å². The zero-order chi connectivity index (χ0) is 18.6. The van der Waals surface area contributed by atoms with Crippen LogP contribution in [0.2, 0.25) is 0 Å². The van der Waals surface area contributed by atoms with Crippen LogP contribution >= 0.6 is 15.9 Å². The number of nitrogens with one attached hydrogen (secondary N) is 1. The molecular weight excluding hydrogens is 402 g/mol. The van der Waals surface area contributed by atoms with Crippen LogP contribution in [0.5, 0.6) is 0 Å². The fraction of sp³-hybridized carbons (Fsp3) is 0.333. The maximum absolute atomic E-state index is 9.27. The Morgan fingerprint density at radius 3 is 2.85 bits per heavy atom. The van der Waals surface area contributed by atoms with Crippen molar-refractivity contribution >= 4 is 32.7 Å². The second-order valence-corrected chi connectivity index (χ2v) is 7.84. The van der Waals surface area contributed by atoms with Gasteiger partial charge in [0.05, 0.1) is 5.56 Å². The minimum atomic E-state index is 0.663. The van der Waals surface area contributed by atoms with E-state index in [2.05, 4.69) is 66.2 Å². The van der Waals surface area contributed by atoms with Crippen molar-refractivity contribution in [3.63, 3.8) is 0 Å². The molecule has 3 heterocycles. The maximum atomic E-state index is 9.27. The van der Waals surface area contributed by atoms with E-state index < -0.39 is 0 Å². The number of aryl methyl sites for hydroxylation is 1. The van der Waals surface area contributed by atoms with E-state index in [0.717, 1.165) is 55.9 Å². The molecule has 1 aliphatic rings. The highest BCUT2D eigenvalue weighted by molar-refractivity contribution is 9.10. The van der Waals surface area contributed by atoms with Crippen molar-refractivity contribution < 1.29 is 0 Å². The molecule has 1 saturated heterocycles. The van der Waals surface area contributed by atoms with E-state index in [-0.39, 0.29) is 0 Å². The quantitative estimate of drug-likeness (QED) is 0.674. The number of aromatic amines is 1. The molecule has 0 unspecified atom stereocenters. The number of fused-ring (bicyclic) bond motifs is 1. The second kappa shape index (κ2) is 8.12. The minimum absolute atomic E-state index is 0.663. The number of anilines is 1. The topological polar surface area (TPSA) is 59.0 Å². The second-order valence-electron chi connectivity index (χ2n) is 6.92. The van der Waals surface area contributed by atoms with Gasteiger partial charge in [-0.2, -0.15) is 5.26 Å². The summed E-state index contributed by atoms with van der Waals surface area (Å²) in [5.41, 5.74) is 3.25. The van der Waals surface area contributed by atoms with Gasteiger partial charge in [0, 0.05) is 53.9 Å². The molecular formula is C21H22BrN5. The number of H-pyrrole nitrogens is 1. The zero-order valence-corrected chi connectivity index (χ0v) is 16.7. The van der Waals surface area contributed by atoms with Gasteiger partial charge in [0.25, 0.3) is 0 Å². The Balaban J connectivity index is 1.30. The first-order valence-corrected chi connectivity index (χ1v) is 10.1. The molecule has 0 saturated carbocycles. The molecule has 6 heteroatoms. The minimum Gasteiger partial charge on any atom is -0.361 e. The van der Waals surface area contributed by atoms with Gasteiger partial charge < -0.3 is 9.88 Å². The number of nitriles is 1. The number of halogens is 1. The standard InChI is InChI=1S/C21H22BrN5/c22-18-5-6-20-19(13-18)17(15-25-20)4-2-8-26-9-11-27(12-10-26)21-16(14-23)3-1-7-24-21/h1,3,5-7,13,15,25H,2,4,8-12H2. The molecule has 1 aromatic carbocycles. The van der Waals surface area contributed by atoms with Crippen LogP contribution in [0.4, 0.5) is 5.82 Å². The highest BCUT2D eigenvalue weighted by Gasteiger charge is 2.19. The van der Waals surface area contributed by atoms with Crippen LogP contribution in [0.25, 0.3) is 10.9 Å². The molecule has 0 spiro atoms. The Morgan fingerprint density at radius 1 is 1.19 bits per heavy atom. The van der Waals surface area contributed by atoms with E-state index in [4.69, 9.17) is 0 Å². The molecule has 2 aromatic heterocycles. The molecule has 1 N–H and O–H groups in total. The zero-order valence-electron chi connectivity index (χ0n) is 15.2. The molecule has 4 rings (SSSR count). The van der Waals surface area contributed by atoms with Crippen molar-refractivity contribution in [1.82, 2.24) is 14.9 Å². The van der Waals surface area contributed by atoms with Crippen molar-refractivity contribution in [2.24, 2.45) is 0 Å². The molecule has 27 heavy (non-hydrogen) atoms. The highest BCUT2D eigenvalue weighted by atomic mass is 79.9. The Morgan fingerprint density at radius 2 is 2.04 bits per heavy atom. The van der Waals surface area contributed by atoms with E-state index in [1.165, 1.54) is 16.5 Å². The third-order valence-corrected chi connectivity index (χ3v) is 5.72. The van der Waals surface area contributed by atoms with E-state index in [1.807, 2.05) is 12.1 Å². The van der Waals surface area contributed by atoms with E-state index in [0.29, 0.717) is 5.56 Å². The summed E-state index contributed by atoms with van der Waals surface area (Å²) in [6, 6.07) is 12.3. The predicted octanol–water partition coefficient (Wildman–Crippen LogP) is 3.95. The average Bonchev–Trinajstić information content (AvgIpc) is 3.10. The summed E-state index contributed by atoms with van der Waals surface area (Å²) in [7, 11) is 0. The fourth-order valence-corrected chi connectivity index (χ4v) is 4.13. The molecule has 0 atom stereocenters. The summed E-state index contributed by atoms with van der Waals surface area (Å²) >= 11 is 3.57. The maximum Gasteiger partial charge on any atom is 0.146 e. The Hall–Kier alpha value is -2.36. The number of hydrogen-bond donors (Lipinski definition) is 1. The van der Waals surface area contributed by atoms with E-state index in [9.17, 15) is 5.26 Å². The summed E-state index contributed by atoms with van der Waals surface area (Å²) in [6.07, 6.45) is 6.13. The molecule has 5 nitrogen and oxygen atoms in total. The normalized spacial score (nSPS) is 15.2. The van der Waals surface area contributed by atoms with Crippen LogP contribution in [0, 0.1) is 11.3 Å². The van der Waals surface area contributed by atoms with Gasteiger partial charge in [-0.3, -0.25) is 4.90 Å². The van der Waals surface area contributed by atoms with Crippen LogP contribution in [0.15, 0.2) is 47.2 Å². The lowest BCUT2D eigenvalue weighted by Crippen LogP contribution is -2.47. The van der Waals surface area contributed by atoms with Crippen molar-refractivity contribution in [2.45, 2.75) is 12.8 Å². The number of pyridine rings is 1. The summed E-state index contributed by atoms with van der Waals surface area (Å²) in [5.74, 6) is 0.823. The van der Waals surface area contributed by atoms with Gasteiger partial charge in [0.15, 0.2) is 0 Å². The van der Waals surface area contributed by atoms with E-state index >= 15 is 0 Å². The van der Waals surface area contributed by atoms with Gasteiger partial charge in [-0.05, 0) is 55.3 Å². The van der Waals surface area contributed by atoms with Crippen LogP contribution in [-0.4, -0.2) is 47.6 Å². The molecule has 0 aliphatic carbocycles. The summed E-state index contributed by atoms with van der Waals surface area (Å²) < 4.78 is 1.12. The lowest BCUT2D eigenvalue weighted by atomic mass is 10.1. The lowest BCUT2D eigenvalue weighted by molar-refractivity contribution is 0.254. The van der Waals surface area contributed by atoms with Crippen molar-refractivity contribution in [3.8, 4) is 6.07 Å². The van der Waals surface area contributed by atoms with Crippen LogP contribution in [0.3, 0.4) is 0 Å². The Labute approximate surface area is 167 Å². The monoisotopic (exact) mass is 423 g/mol. The lowest BCUT2D eigenvalue weighted by Gasteiger charge is -2.35. The van der Waals surface area contributed by atoms with Gasteiger partial charge in [-0.15, -0.1) is 0 Å². The molecule has 138 valence electrons. The first-order valence-electron chi connectivity index (χ1n) is 9.32. The molecule has 0 bridgehead atoms. The van der Waals surface area contributed by atoms with Crippen molar-refractivity contribution in [3.05, 3.63) is 58.3 Å². The molecule has 1 aliphatic heterocycles. The smallest absolute Gasteiger partial charge is 0.146 e. The number of rotatable bonds is 5. The molecule has 3 aromatic rings. The predicted molar refractivity (Wildman–Crippen MR) is 112 cm³/mol. The highest BCUT2D eigenvalue weighted by Crippen LogP contribution is 2.24. The molecule has 1 fully saturated rings. The largest absolute Gasteiger partial charge is 0.361 e. The third kappa shape index (κ3) is 4.00. The van der Waals surface area contributed by atoms with Crippen molar-refractivity contribution in [1.29, 1.82) is 5.26 Å². The van der Waals surface area contributed by atoms with E-state index in [1.54, 1.807) is 6.20 Å². The van der Waals surface area contributed by atoms with Gasteiger partial charge in [0.1, 0.15) is 11.9 Å². The summed E-state index contributed by atoms with van der Waals surface area (Å²) in [5, 5.41) is 10.6. The number of hydrogen-bond acceptors (Lipinski definition) is 4. The van der Waals surface area contributed by atoms with Crippen LogP contribution < -0.4 is 4.90 Å². The number of piperazine rings is 1. The van der Waals surface area contributed by atoms with Gasteiger partial charge in [-0.1, -0.05) is 15.9 Å². The number of benzene rings is 1. The van der Waals surface area contributed by atoms with Gasteiger partial charge in [-0.25, -0.2) is 4.98 Å². The third-order valence-electron chi connectivity index (χ3n) is 5.23. The first-order chi connectivity index (χ1) is 13.2. The Kier molecular flexibility index (Phi) is 5.42. The van der Waals surface area contributed by atoms with Crippen LogP contribution in [0.1, 0.15) is 17.5 Å². The molecule has 0 amide bonds. The summed E-state index contributed by atoms with van der Waals surface area (Å²) in [6.45, 7) is 4.97. The first kappa shape index (κ1) is 18.0. The number of aromatic nitrogens is 2. The average molecular weight is 424 g/mol. The fourth-order valence-electron chi connectivity index (χ4n) is 3.77. The SMILES string of the molecule is N#Cc1cccnc1N1CCN(CCCc2c[nH]c3ccc(Br)cc23)CC1. The number of nitrogens with zero attached hydrogens (tertiary/aromatic N) is 4. The Bertz CT molecular complexity index is 966. The molecule has 0 radical (unpaired) electrons. The van der Waals surface area contributed by atoms with Crippen LogP contribution in [-0.2, 0) is 6.42 Å².